The third-order valence-corrected chi connectivity index (χ3v) is 3.93. The van der Waals surface area contributed by atoms with Crippen LogP contribution in [0, 0.1) is 0 Å². The molecule has 0 bridgehead atoms. The lowest BCUT2D eigenvalue weighted by Gasteiger charge is -2.09. The third-order valence-electron chi connectivity index (χ3n) is 3.42. The van der Waals surface area contributed by atoms with E-state index in [0.717, 1.165) is 0 Å². The zero-order chi connectivity index (χ0) is 20.5. The Labute approximate surface area is 170 Å². The number of benzene rings is 2. The van der Waals surface area contributed by atoms with Crippen LogP contribution in [0.5, 0.6) is 0 Å². The van der Waals surface area contributed by atoms with Crippen molar-refractivity contribution in [1.29, 1.82) is 0 Å². The number of hydrogen-bond donors (Lipinski definition) is 4. The van der Waals surface area contributed by atoms with E-state index in [9.17, 15) is 19.2 Å². The fourth-order valence-electron chi connectivity index (χ4n) is 1.95. The van der Waals surface area contributed by atoms with Crippen LogP contribution in [0.15, 0.2) is 48.5 Å². The molecule has 4 amide bonds. The highest BCUT2D eigenvalue weighted by Gasteiger charge is 2.11. The molecule has 0 unspecified atom stereocenters. The average Bonchev–Trinajstić information content (AvgIpc) is 2.69. The minimum atomic E-state index is -0.568. The van der Waals surface area contributed by atoms with Gasteiger partial charge in [-0.15, -0.1) is 0 Å². The van der Waals surface area contributed by atoms with Crippen LogP contribution in [0.4, 0.5) is 0 Å². The second-order valence-corrected chi connectivity index (χ2v) is 6.39. The van der Waals surface area contributed by atoms with Gasteiger partial charge < -0.3 is 0 Å². The van der Waals surface area contributed by atoms with Crippen LogP contribution in [-0.2, 0) is 9.59 Å². The number of rotatable bonds is 5. The van der Waals surface area contributed by atoms with Crippen LogP contribution in [0.1, 0.15) is 33.6 Å². The van der Waals surface area contributed by atoms with E-state index >= 15 is 0 Å². The summed E-state index contributed by atoms with van der Waals surface area (Å²) in [7, 11) is 0. The topological polar surface area (TPSA) is 116 Å². The van der Waals surface area contributed by atoms with Gasteiger partial charge in [-0.25, -0.2) is 0 Å². The molecule has 0 spiro atoms. The maximum atomic E-state index is 11.8. The Hall–Kier alpha value is -3.10. The predicted molar refractivity (Wildman–Crippen MR) is 103 cm³/mol. The largest absolute Gasteiger partial charge is 0.273 e. The summed E-state index contributed by atoms with van der Waals surface area (Å²) in [5.41, 5.74) is 9.46. The molecule has 146 valence electrons. The van der Waals surface area contributed by atoms with Crippen molar-refractivity contribution >= 4 is 46.8 Å². The maximum Gasteiger partial charge on any atom is 0.269 e. The van der Waals surface area contributed by atoms with Crippen molar-refractivity contribution in [2.24, 2.45) is 0 Å². The zero-order valence-corrected chi connectivity index (χ0v) is 15.9. The molecule has 28 heavy (non-hydrogen) atoms. The Morgan fingerprint density at radius 2 is 0.893 bits per heavy atom. The van der Waals surface area contributed by atoms with Crippen LogP contribution in [0.3, 0.4) is 0 Å². The van der Waals surface area contributed by atoms with E-state index in [1.165, 1.54) is 24.3 Å². The van der Waals surface area contributed by atoms with Crippen molar-refractivity contribution in [2.45, 2.75) is 12.8 Å². The molecule has 0 saturated heterocycles. The van der Waals surface area contributed by atoms with Gasteiger partial charge in [0.15, 0.2) is 0 Å². The van der Waals surface area contributed by atoms with Crippen LogP contribution in [0.2, 0.25) is 10.0 Å². The molecule has 0 saturated carbocycles. The lowest BCUT2D eigenvalue weighted by molar-refractivity contribution is -0.127. The van der Waals surface area contributed by atoms with Crippen LogP contribution in [0.25, 0.3) is 0 Å². The van der Waals surface area contributed by atoms with Crippen LogP contribution >= 0.6 is 23.2 Å². The number of nitrogens with one attached hydrogen (secondary N) is 4. The SMILES string of the molecule is O=C(CCC(=O)NNC(=O)c1ccc(Cl)cc1)NNC(=O)c1ccc(Cl)cc1. The van der Waals surface area contributed by atoms with Gasteiger partial charge in [0.2, 0.25) is 11.8 Å². The quantitative estimate of drug-likeness (QED) is 0.551. The number of halogens is 2. The van der Waals surface area contributed by atoms with Gasteiger partial charge in [0.1, 0.15) is 0 Å². The van der Waals surface area contributed by atoms with Gasteiger partial charge in [-0.3, -0.25) is 40.9 Å². The molecule has 4 N–H and O–H groups in total. The molecule has 10 heteroatoms. The van der Waals surface area contributed by atoms with E-state index in [1.54, 1.807) is 24.3 Å². The van der Waals surface area contributed by atoms with E-state index < -0.39 is 23.6 Å². The molecule has 0 radical (unpaired) electrons. The highest BCUT2D eigenvalue weighted by Crippen LogP contribution is 2.09. The molecule has 0 atom stereocenters. The van der Waals surface area contributed by atoms with Gasteiger partial charge in [-0.2, -0.15) is 0 Å². The van der Waals surface area contributed by atoms with Gasteiger partial charge in [-0.1, -0.05) is 23.2 Å². The summed E-state index contributed by atoms with van der Waals surface area (Å²) in [6.45, 7) is 0. The van der Waals surface area contributed by atoms with E-state index in [1.807, 2.05) is 0 Å². The van der Waals surface area contributed by atoms with Gasteiger partial charge in [0.25, 0.3) is 11.8 Å². The molecule has 8 nitrogen and oxygen atoms in total. The van der Waals surface area contributed by atoms with Crippen molar-refractivity contribution in [2.75, 3.05) is 0 Å². The fraction of sp³-hybridized carbons (Fsp3) is 0.111. The summed E-state index contributed by atoms with van der Waals surface area (Å²) < 4.78 is 0. The summed E-state index contributed by atoms with van der Waals surface area (Å²) in [4.78, 5) is 47.1. The Balaban J connectivity index is 1.67. The molecular formula is C18H16Cl2N4O4. The minimum Gasteiger partial charge on any atom is -0.273 e. The van der Waals surface area contributed by atoms with E-state index in [0.29, 0.717) is 21.2 Å². The monoisotopic (exact) mass is 422 g/mol. The Morgan fingerprint density at radius 1 is 0.571 bits per heavy atom. The van der Waals surface area contributed by atoms with Crippen LogP contribution < -0.4 is 21.7 Å². The third kappa shape index (κ3) is 6.90. The van der Waals surface area contributed by atoms with Gasteiger partial charge >= 0.3 is 0 Å². The summed E-state index contributed by atoms with van der Waals surface area (Å²) in [5, 5.41) is 0.963. The van der Waals surface area contributed by atoms with Gasteiger partial charge in [0, 0.05) is 34.0 Å². The molecule has 2 aromatic rings. The number of hydrazine groups is 2. The summed E-state index contributed by atoms with van der Waals surface area (Å²) >= 11 is 11.5. The number of amides is 4. The average molecular weight is 423 g/mol. The molecule has 0 aliphatic heterocycles. The summed E-state index contributed by atoms with van der Waals surface area (Å²) in [6, 6.07) is 12.2. The smallest absolute Gasteiger partial charge is 0.269 e. The summed E-state index contributed by atoms with van der Waals surface area (Å²) in [6.07, 6.45) is -0.382. The van der Waals surface area contributed by atoms with Gasteiger partial charge in [0.05, 0.1) is 0 Å². The van der Waals surface area contributed by atoms with Gasteiger partial charge in [-0.05, 0) is 48.5 Å². The van der Waals surface area contributed by atoms with E-state index in [4.69, 9.17) is 23.2 Å². The van der Waals surface area contributed by atoms with E-state index in [-0.39, 0.29) is 12.8 Å². The zero-order valence-electron chi connectivity index (χ0n) is 14.4. The number of hydrogen-bond acceptors (Lipinski definition) is 4. The summed E-state index contributed by atoms with van der Waals surface area (Å²) in [5.74, 6) is -2.18. The molecule has 0 heterocycles. The Bertz CT molecular complexity index is 797. The second-order valence-electron chi connectivity index (χ2n) is 5.52. The number of carbonyl (C=O) groups is 4. The standard InChI is InChI=1S/C18H16Cl2N4O4/c19-13-5-1-11(2-6-13)17(27)23-21-15(25)9-10-16(26)22-24-18(28)12-3-7-14(20)8-4-12/h1-8H,9-10H2,(H,21,25)(H,22,26)(H,23,27)(H,24,28). The first-order valence-corrected chi connectivity index (χ1v) is 8.80. The first kappa shape index (κ1) is 21.2. The lowest BCUT2D eigenvalue weighted by Crippen LogP contribution is -2.44. The highest BCUT2D eigenvalue weighted by molar-refractivity contribution is 6.31. The fourth-order valence-corrected chi connectivity index (χ4v) is 2.20. The van der Waals surface area contributed by atoms with Crippen molar-refractivity contribution in [3.05, 3.63) is 69.7 Å². The lowest BCUT2D eigenvalue weighted by atomic mass is 10.2. The van der Waals surface area contributed by atoms with Crippen molar-refractivity contribution in [3.63, 3.8) is 0 Å². The number of carbonyl (C=O) groups excluding carboxylic acids is 4. The molecule has 2 rings (SSSR count). The Morgan fingerprint density at radius 3 is 1.21 bits per heavy atom. The van der Waals surface area contributed by atoms with Crippen molar-refractivity contribution in [1.82, 2.24) is 21.7 Å². The molecular weight excluding hydrogens is 407 g/mol. The van der Waals surface area contributed by atoms with Crippen molar-refractivity contribution in [3.8, 4) is 0 Å². The first-order valence-electron chi connectivity index (χ1n) is 8.04. The normalized spacial score (nSPS) is 9.93. The van der Waals surface area contributed by atoms with Crippen molar-refractivity contribution < 1.29 is 19.2 Å². The highest BCUT2D eigenvalue weighted by atomic mass is 35.5. The van der Waals surface area contributed by atoms with E-state index in [2.05, 4.69) is 21.7 Å². The predicted octanol–water partition coefficient (Wildman–Crippen LogP) is 2.00. The minimum absolute atomic E-state index is 0.191. The molecule has 0 fully saturated rings. The molecule has 0 aromatic heterocycles. The van der Waals surface area contributed by atoms with Crippen LogP contribution in [-0.4, -0.2) is 23.6 Å². The molecule has 0 aliphatic rings. The first-order chi connectivity index (χ1) is 13.3. The molecule has 0 aliphatic carbocycles. The maximum absolute atomic E-state index is 11.8. The Kier molecular flexibility index (Phi) is 7.79. The second kappa shape index (κ2) is 10.3. The molecule has 2 aromatic carbocycles.